The third-order valence-electron chi connectivity index (χ3n) is 8.41. The summed E-state index contributed by atoms with van der Waals surface area (Å²) in [6, 6.07) is 3.85. The Morgan fingerprint density at radius 3 is 2.27 bits per heavy atom. The number of alkyl halides is 6. The Bertz CT molecular complexity index is 1610. The first-order chi connectivity index (χ1) is 21.0. The molecule has 0 spiro atoms. The number of sulfonamides is 1. The lowest BCUT2D eigenvalue weighted by atomic mass is 9.87. The molecule has 0 unspecified atom stereocenters. The molecule has 1 fully saturated rings. The number of nitrogens with one attached hydrogen (secondary N) is 1. The van der Waals surface area contributed by atoms with Crippen molar-refractivity contribution in [2.45, 2.75) is 85.9 Å². The molecule has 1 saturated carbocycles. The van der Waals surface area contributed by atoms with Crippen LogP contribution < -0.4 is 9.62 Å². The molecule has 0 radical (unpaired) electrons. The van der Waals surface area contributed by atoms with Crippen LogP contribution in [0.4, 0.5) is 36.4 Å². The van der Waals surface area contributed by atoms with E-state index in [4.69, 9.17) is 0 Å². The number of fused-ring (bicyclic) bond motifs is 1. The van der Waals surface area contributed by atoms with Crippen LogP contribution >= 0.6 is 0 Å². The maximum absolute atomic E-state index is 13.9. The molecule has 0 bridgehead atoms. The van der Waals surface area contributed by atoms with Gasteiger partial charge in [-0.1, -0.05) is 25.0 Å². The van der Waals surface area contributed by atoms with Crippen molar-refractivity contribution in [1.29, 1.82) is 0 Å². The van der Waals surface area contributed by atoms with Gasteiger partial charge in [-0.25, -0.2) is 17.8 Å². The van der Waals surface area contributed by atoms with Gasteiger partial charge in [0.2, 0.25) is 5.91 Å². The monoisotopic (exact) mass is 662 g/mol. The van der Waals surface area contributed by atoms with E-state index in [1.807, 2.05) is 4.57 Å². The smallest absolute Gasteiger partial charge is 0.369 e. The number of carbonyl (C=O) groups is 1. The highest BCUT2D eigenvalue weighted by molar-refractivity contribution is 7.92. The Morgan fingerprint density at radius 2 is 1.64 bits per heavy atom. The average Bonchev–Trinajstić information content (AvgIpc) is 3.50. The predicted octanol–water partition coefficient (Wildman–Crippen LogP) is 5.53. The lowest BCUT2D eigenvalue weighted by molar-refractivity contribution is -0.376. The van der Waals surface area contributed by atoms with Crippen molar-refractivity contribution >= 4 is 21.6 Å². The molecule has 0 saturated heterocycles. The minimum absolute atomic E-state index is 0.0873. The molecule has 1 aliphatic carbocycles. The first-order valence-electron chi connectivity index (χ1n) is 14.1. The van der Waals surface area contributed by atoms with E-state index in [9.17, 15) is 49.1 Å². The van der Waals surface area contributed by atoms with Gasteiger partial charge in [0.1, 0.15) is 5.82 Å². The van der Waals surface area contributed by atoms with Gasteiger partial charge in [0.05, 0.1) is 29.0 Å². The highest BCUT2D eigenvalue weighted by Crippen LogP contribution is 2.51. The average molecular weight is 663 g/mol. The van der Waals surface area contributed by atoms with Crippen molar-refractivity contribution in [2.24, 2.45) is 0 Å². The zero-order valence-corrected chi connectivity index (χ0v) is 24.3. The molecule has 3 atom stereocenters. The van der Waals surface area contributed by atoms with Crippen LogP contribution in [0.25, 0.3) is 0 Å². The predicted molar refractivity (Wildman–Crippen MR) is 147 cm³/mol. The van der Waals surface area contributed by atoms with Crippen molar-refractivity contribution in [3.8, 4) is 0 Å². The third-order valence-corrected chi connectivity index (χ3v) is 10.3. The van der Waals surface area contributed by atoms with Gasteiger partial charge < -0.3 is 15.0 Å². The van der Waals surface area contributed by atoms with Gasteiger partial charge in [-0.05, 0) is 61.6 Å². The van der Waals surface area contributed by atoms with Crippen LogP contribution in [-0.2, 0) is 26.8 Å². The minimum atomic E-state index is -6.14. The molecule has 2 N–H and O–H groups in total. The zero-order valence-electron chi connectivity index (χ0n) is 23.5. The molecule has 1 amide bonds. The largest absolute Gasteiger partial charge is 0.430 e. The number of imidazole rings is 1. The van der Waals surface area contributed by atoms with Gasteiger partial charge >= 0.3 is 12.4 Å². The van der Waals surface area contributed by atoms with Gasteiger partial charge in [0.15, 0.2) is 0 Å². The van der Waals surface area contributed by atoms with Crippen LogP contribution in [0.15, 0.2) is 66.1 Å². The number of aryl methyl sites for hydroxylation is 1. The van der Waals surface area contributed by atoms with Crippen LogP contribution in [-0.4, -0.2) is 53.4 Å². The number of halogens is 7. The number of hydrogen-bond acceptors (Lipinski definition) is 5. The van der Waals surface area contributed by atoms with Crippen molar-refractivity contribution in [2.75, 3.05) is 4.31 Å². The van der Waals surface area contributed by atoms with Crippen molar-refractivity contribution in [1.82, 2.24) is 14.9 Å². The van der Waals surface area contributed by atoms with E-state index >= 15 is 0 Å². The Hall–Kier alpha value is -3.66. The molecule has 1 aromatic heterocycles. The molecular formula is C29H29F7N4O4S. The summed E-state index contributed by atoms with van der Waals surface area (Å²) in [5.74, 6) is -1.24. The summed E-state index contributed by atoms with van der Waals surface area (Å²) in [6.07, 6.45) is -4.75. The minimum Gasteiger partial charge on any atom is -0.369 e. The first-order valence-corrected chi connectivity index (χ1v) is 15.5. The van der Waals surface area contributed by atoms with Crippen LogP contribution in [0, 0.1) is 5.82 Å². The summed E-state index contributed by atoms with van der Waals surface area (Å²) in [5.41, 5.74) is -7.21. The summed E-state index contributed by atoms with van der Waals surface area (Å²) in [4.78, 5) is 17.0. The van der Waals surface area contributed by atoms with Gasteiger partial charge in [0, 0.05) is 30.4 Å². The van der Waals surface area contributed by atoms with E-state index in [0.29, 0.717) is 18.6 Å². The van der Waals surface area contributed by atoms with E-state index < -0.39 is 56.2 Å². The molecule has 3 aromatic rings. The number of hydrogen-bond donors (Lipinski definition) is 2. The summed E-state index contributed by atoms with van der Waals surface area (Å²) in [7, 11) is -4.60. The van der Waals surface area contributed by atoms with Crippen LogP contribution in [0.5, 0.6) is 0 Å². The Morgan fingerprint density at radius 1 is 0.978 bits per heavy atom. The quantitative estimate of drug-likeness (QED) is 0.324. The lowest BCUT2D eigenvalue weighted by Crippen LogP contribution is -2.54. The summed E-state index contributed by atoms with van der Waals surface area (Å²) >= 11 is 0. The first kappa shape index (κ1) is 32.7. The Labute approximate surface area is 253 Å². The number of anilines is 1. The second-order valence-corrected chi connectivity index (χ2v) is 13.1. The molecule has 45 heavy (non-hydrogen) atoms. The fourth-order valence-corrected chi connectivity index (χ4v) is 7.88. The number of amides is 1. The molecule has 1 aliphatic heterocycles. The number of aromatic nitrogens is 2. The number of benzene rings is 2. The van der Waals surface area contributed by atoms with Crippen LogP contribution in [0.1, 0.15) is 55.7 Å². The second-order valence-electron chi connectivity index (χ2n) is 11.2. The number of rotatable bonds is 7. The summed E-state index contributed by atoms with van der Waals surface area (Å²) in [5, 5.41) is 12.9. The lowest BCUT2D eigenvalue weighted by Gasteiger charge is -2.39. The molecule has 5 rings (SSSR count). The summed E-state index contributed by atoms with van der Waals surface area (Å²) < 4.78 is 126. The molecule has 244 valence electrons. The highest BCUT2D eigenvalue weighted by atomic mass is 32.2. The van der Waals surface area contributed by atoms with E-state index in [0.717, 1.165) is 53.9 Å². The Balaban J connectivity index is 1.50. The molecule has 2 aliphatic rings. The molecular weight excluding hydrogens is 633 g/mol. The topological polar surface area (TPSA) is 105 Å². The van der Waals surface area contributed by atoms with Gasteiger partial charge in [-0.15, -0.1) is 0 Å². The number of aliphatic hydroxyl groups is 1. The number of carbonyl (C=O) groups excluding carboxylic acids is 1. The molecule has 2 aromatic carbocycles. The third kappa shape index (κ3) is 6.13. The van der Waals surface area contributed by atoms with Crippen LogP contribution in [0.2, 0.25) is 0 Å². The zero-order chi connectivity index (χ0) is 32.8. The van der Waals surface area contributed by atoms with Crippen molar-refractivity contribution in [3.63, 3.8) is 0 Å². The van der Waals surface area contributed by atoms with Crippen molar-refractivity contribution < 1.29 is 49.1 Å². The van der Waals surface area contributed by atoms with Crippen molar-refractivity contribution in [3.05, 3.63) is 78.1 Å². The summed E-state index contributed by atoms with van der Waals surface area (Å²) in [6.45, 7) is 0. The highest BCUT2D eigenvalue weighted by Gasteiger charge is 2.71. The maximum atomic E-state index is 13.9. The number of nitrogens with zero attached hydrogens (tertiary/aromatic N) is 3. The second kappa shape index (κ2) is 11.9. The van der Waals surface area contributed by atoms with E-state index in [1.54, 1.807) is 18.7 Å². The maximum Gasteiger partial charge on any atom is 0.430 e. The van der Waals surface area contributed by atoms with Gasteiger partial charge in [-0.2, -0.15) is 26.3 Å². The molecule has 2 heterocycles. The van der Waals surface area contributed by atoms with Gasteiger partial charge in [-0.3, -0.25) is 9.10 Å². The molecule has 16 heteroatoms. The van der Waals surface area contributed by atoms with E-state index in [2.05, 4.69) is 10.3 Å². The van der Waals surface area contributed by atoms with E-state index in [-0.39, 0.29) is 42.6 Å². The standard InChI is InChI=1S/C29H29F7N4O4S/c30-20-7-10-22(11-8-20)45(43,44)40-21(16-26(41)38-23-3-1-2-4-25(23)39-14-13-37-17-39)9-5-18-15-19(6-12-24(18)40)27(42,28(31,32)33)29(34,35)36/h6-8,10-15,17,21,23,25,42H,1-5,9,16H2,(H,38,41)/t21-,23-,25+/m0/s1. The Kier molecular flexibility index (Phi) is 8.68. The van der Waals surface area contributed by atoms with Crippen LogP contribution in [0.3, 0.4) is 0 Å². The fraction of sp³-hybridized carbons (Fsp3) is 0.448. The van der Waals surface area contributed by atoms with Gasteiger partial charge in [0.25, 0.3) is 15.6 Å². The molecule has 8 nitrogen and oxygen atoms in total. The SMILES string of the molecule is O=C(C[C@@H]1CCc2cc(C(O)(C(F)(F)F)C(F)(F)F)ccc2N1S(=O)(=O)c1ccc(F)cc1)N[C@H]1CCCC[C@H]1n1ccnc1. The fourth-order valence-electron chi connectivity index (χ4n) is 6.16. The van der Waals surface area contributed by atoms with E-state index in [1.165, 1.54) is 0 Å². The normalized spacial score (nSPS) is 21.3.